The monoisotopic (exact) mass is 2080 g/mol. The second-order valence-corrected chi connectivity index (χ2v) is 45.1. The van der Waals surface area contributed by atoms with Crippen LogP contribution in [0.5, 0.6) is 0 Å². The molecule has 9 heterocycles. The molecule has 8 N–H and O–H groups in total. The Morgan fingerprint density at radius 3 is 1.16 bits per heavy atom. The fraction of sp³-hybridized carbons (Fsp3) is 0.575. The fourth-order valence-electron chi connectivity index (χ4n) is 20.3. The van der Waals surface area contributed by atoms with Gasteiger partial charge in [-0.2, -0.15) is 0 Å². The van der Waals surface area contributed by atoms with Crippen molar-refractivity contribution in [2.24, 2.45) is 17.8 Å². The maximum Gasteiger partial charge on any atom is 0.410 e. The third-order valence-corrected chi connectivity index (χ3v) is 31.0. The summed E-state index contributed by atoms with van der Waals surface area (Å²) in [6.07, 6.45) is 15.9. The average Bonchev–Trinajstić information content (AvgIpc) is 1.53. The molecule has 148 heavy (non-hydrogen) atoms. The third kappa shape index (κ3) is 26.0. The highest BCUT2D eigenvalue weighted by molar-refractivity contribution is 7.90. The predicted molar refractivity (Wildman–Crippen MR) is 531 cm³/mol. The minimum atomic E-state index is -4.29. The molecular weight excluding hydrogens is 1940 g/mol. The van der Waals surface area contributed by atoms with Crippen molar-refractivity contribution in [3.05, 3.63) is 172 Å². The van der Waals surface area contributed by atoms with Crippen LogP contribution >= 0.6 is 0 Å². The van der Waals surface area contributed by atoms with Gasteiger partial charge in [-0.15, -0.1) is 0 Å². The number of hydrogen-bond acceptors (Lipinski definition) is 22. The summed E-state index contributed by atoms with van der Waals surface area (Å²) >= 11 is 0. The molecule has 38 nitrogen and oxygen atoms in total. The van der Waals surface area contributed by atoms with E-state index in [1.807, 2.05) is 71.9 Å². The zero-order chi connectivity index (χ0) is 107. The number of allylic oxidation sites excluding steroid dienone is 3. The van der Waals surface area contributed by atoms with E-state index >= 15 is 0 Å². The molecule has 42 heteroatoms. The number of esters is 1. The van der Waals surface area contributed by atoms with Crippen LogP contribution < -0.4 is 36.6 Å². The number of carboxylic acids is 1. The maximum absolute atomic E-state index is 14.5. The van der Waals surface area contributed by atoms with Gasteiger partial charge in [0.2, 0.25) is 35.4 Å². The molecule has 3 saturated heterocycles. The van der Waals surface area contributed by atoms with Crippen molar-refractivity contribution in [1.29, 1.82) is 0 Å². The molecule has 3 saturated carbocycles. The van der Waals surface area contributed by atoms with E-state index < -0.39 is 211 Å². The first-order valence-corrected chi connectivity index (χ1v) is 52.6. The second-order valence-electron chi connectivity index (χ2n) is 43.4. The van der Waals surface area contributed by atoms with Crippen molar-refractivity contribution in [1.82, 2.24) is 75.8 Å². The van der Waals surface area contributed by atoms with E-state index in [2.05, 4.69) is 36.6 Å². The molecule has 0 spiro atoms. The molecule has 0 unspecified atom stereocenters. The maximum atomic E-state index is 14.5. The normalized spacial score (nSPS) is 27.8. The lowest BCUT2D eigenvalue weighted by atomic mass is 10.0. The van der Waals surface area contributed by atoms with Gasteiger partial charge in [0.1, 0.15) is 94.2 Å². The zero-order valence-corrected chi connectivity index (χ0v) is 86.8. The van der Waals surface area contributed by atoms with Crippen LogP contribution in [0.4, 0.5) is 41.9 Å². The summed E-state index contributed by atoms with van der Waals surface area (Å²) in [4.78, 5) is 214. The number of urea groups is 2. The third-order valence-electron chi connectivity index (χ3n) is 29.7. The standard InChI is InChI=1S/C39H49FN6O8S.C34H45FN4O8.C33H44FN5O7/c1-38(2,3)44(4)36(50)41-31-19-12-7-5-6-9-15-26-21-39(26,35(49)43-55(52,53)28-16-10-8-11-17-28)42-33(47)32-20-27(23-46(32)34(31)48)54-37(51)45-22-25-14-13-18-30(40)29(25)24-45;1-5-45-30(42)34-17-22(34)13-9-7-6-8-10-15-26(36-31(43)47-33(2,3)4)29(41)39-19-23(16-27(39)28(40)37-34)46-32(44)38-18-21-12-11-14-25(35)24(21)20-38;1-32(2,3)37(4)30(44)35-25-14-9-7-5-6-8-12-21-16-33(21,29(42)43)36-27(40)26-15-22(18-39(26)28(25)41)46-31(45)38-17-20-11-10-13-24(34)23(20)19-38/h8-11,13-18,26-27,31-32H,5-7,12,19-24H2,1-4H3,(H,41,50)(H,42,47)(H,43,49);9,11-14,22-23,26-27H,5-8,10,15-20H2,1-4H3,(H,36,43)(H,37,40);8,10-13,21-22,25-26H,5-7,9,14-19H2,1-4H3,(H,35,44)(H,36,40)(H,42,43)/b15-9-;13-9-;12-8-/t26-,27-,31+,32+,39-;22-,23-,26+,27+,34-;21-,22-,25+,26+,33-/m111/s1. The number of carbonyl (C=O) groups is 15. The number of fused-ring (bicyclic) bond motifs is 9. The predicted octanol–water partition coefficient (Wildman–Crippen LogP) is 11.6. The number of halogens is 3. The van der Waals surface area contributed by atoms with Gasteiger partial charge in [-0.25, -0.2) is 64.7 Å². The van der Waals surface area contributed by atoms with Crippen molar-refractivity contribution in [2.45, 2.75) is 336 Å². The molecule has 0 radical (unpaired) electrons. The fourth-order valence-corrected chi connectivity index (χ4v) is 21.4. The summed E-state index contributed by atoms with van der Waals surface area (Å²) in [5, 5.41) is 26.9. The van der Waals surface area contributed by atoms with Gasteiger partial charge in [0.15, 0.2) is 0 Å². The van der Waals surface area contributed by atoms with Crippen LogP contribution in [0.3, 0.4) is 0 Å². The molecule has 3 aliphatic carbocycles. The highest BCUT2D eigenvalue weighted by atomic mass is 32.2. The van der Waals surface area contributed by atoms with Gasteiger partial charge in [0.05, 0.1) is 50.8 Å². The number of nitrogens with one attached hydrogen (secondary N) is 7. The molecule has 16 rings (SSSR count). The van der Waals surface area contributed by atoms with Crippen LogP contribution in [0.25, 0.3) is 0 Å². The SMILES string of the molecule is CCOC(=O)[C@@]12C[C@H]1/C=C\CCCCC[C@H](NC(=O)OC(C)(C)C)C(=O)N1C[C@H](OC(=O)N3Cc4cccc(F)c4C3)C[C@H]1C(=O)N2.CN(C(=O)N[C@H]1CCCCC/C=C\[C@@H]2C[C@@]2(C(=O)NS(=O)(=O)c2ccccc2)NC(=O)[C@@H]2C[C@@H](OC(=O)N3Cc4cccc(F)c4C3)CN2C1=O)C(C)(C)C.CN(C(=O)N[C@H]1CCCCC/C=C\[C@@H]2C[C@@]2(C(=O)O)NC(=O)[C@@H]2C[C@@H](OC(=O)N3Cc4cccc(F)c4C3)CN2C1=O)C(C)(C)C. The number of benzene rings is 4. The molecule has 6 fully saturated rings. The molecule has 4 aromatic rings. The van der Waals surface area contributed by atoms with E-state index in [0.29, 0.717) is 78.3 Å². The number of sulfonamides is 1. The Kier molecular flexibility index (Phi) is 34.2. The van der Waals surface area contributed by atoms with E-state index in [0.717, 1.165) is 51.4 Å². The van der Waals surface area contributed by atoms with E-state index in [1.54, 1.807) is 90.3 Å². The van der Waals surface area contributed by atoms with Crippen LogP contribution in [0.2, 0.25) is 0 Å². The summed E-state index contributed by atoms with van der Waals surface area (Å²) in [5.74, 6) is -8.59. The first kappa shape index (κ1) is 110. The lowest BCUT2D eigenvalue weighted by molar-refractivity contribution is -0.150. The molecule has 15 atom stereocenters. The minimum absolute atomic E-state index is 0.00601. The highest BCUT2D eigenvalue weighted by Gasteiger charge is 2.65. The lowest BCUT2D eigenvalue weighted by Crippen LogP contribution is -2.59. The first-order valence-electron chi connectivity index (χ1n) is 51.2. The number of hydrogen-bond donors (Lipinski definition) is 8. The first-order chi connectivity index (χ1) is 70.0. The van der Waals surface area contributed by atoms with Crippen LogP contribution in [0, 0.1) is 35.2 Å². The Morgan fingerprint density at radius 1 is 0.453 bits per heavy atom. The van der Waals surface area contributed by atoms with Crippen LogP contribution in [-0.4, -0.2) is 271 Å². The topological polar surface area (TPSA) is 467 Å². The number of alkyl carbamates (subject to hydrolysis) is 1. The molecule has 12 aliphatic rings. The van der Waals surface area contributed by atoms with Crippen molar-refractivity contribution >= 4 is 99.7 Å². The highest BCUT2D eigenvalue weighted by Crippen LogP contribution is 2.49. The van der Waals surface area contributed by atoms with Crippen LogP contribution in [0.15, 0.2) is 126 Å². The van der Waals surface area contributed by atoms with Crippen molar-refractivity contribution in [3.63, 3.8) is 0 Å². The van der Waals surface area contributed by atoms with Crippen molar-refractivity contribution in [2.75, 3.05) is 40.3 Å². The van der Waals surface area contributed by atoms with Gasteiger partial charge in [-0.1, -0.05) is 130 Å². The second kappa shape index (κ2) is 45.8. The van der Waals surface area contributed by atoms with E-state index in [4.69, 9.17) is 23.7 Å². The van der Waals surface area contributed by atoms with Crippen LogP contribution in [0.1, 0.15) is 237 Å². The molecule has 0 bridgehead atoms. The summed E-state index contributed by atoms with van der Waals surface area (Å²) < 4.78 is 99.9. The van der Waals surface area contributed by atoms with Crippen molar-refractivity contribution < 1.29 is 122 Å². The Hall–Kier alpha value is -13.3. The average molecular weight is 2080 g/mol. The summed E-state index contributed by atoms with van der Waals surface area (Å²) in [6.45, 7) is 18.3. The molecule has 4 aromatic carbocycles. The summed E-state index contributed by atoms with van der Waals surface area (Å²) in [7, 11) is -1.03. The van der Waals surface area contributed by atoms with Gasteiger partial charge < -0.3 is 85.2 Å². The van der Waals surface area contributed by atoms with E-state index in [-0.39, 0.29) is 121 Å². The van der Waals surface area contributed by atoms with E-state index in [1.165, 1.54) is 81.7 Å². The number of carboxylic acid groups (broad SMARTS) is 1. The summed E-state index contributed by atoms with van der Waals surface area (Å²) in [5.41, 5.74) is -3.00. The van der Waals surface area contributed by atoms with Gasteiger partial charge in [0.25, 0.3) is 15.9 Å². The molecule has 0 aromatic heterocycles. The van der Waals surface area contributed by atoms with Gasteiger partial charge in [-0.3, -0.25) is 48.3 Å². The Labute approximate surface area is 859 Å². The molecule has 9 aliphatic heterocycles. The van der Waals surface area contributed by atoms with Gasteiger partial charge in [-0.05, 0) is 193 Å². The summed E-state index contributed by atoms with van der Waals surface area (Å²) in [6, 6.07) is 13.9. The Balaban J connectivity index is 0.000000176. The molecular formula is C106H138F3N15O23S. The Morgan fingerprint density at radius 2 is 0.797 bits per heavy atom. The zero-order valence-electron chi connectivity index (χ0n) is 85.9. The number of carbonyl (C=O) groups excluding carboxylic acids is 14. The lowest BCUT2D eigenvalue weighted by Gasteiger charge is -2.35. The number of rotatable bonds is 12. The molecule has 802 valence electrons. The van der Waals surface area contributed by atoms with Crippen LogP contribution in [-0.2, 0) is 116 Å². The Bertz CT molecular complexity index is 5930. The minimum Gasteiger partial charge on any atom is -0.479 e. The quantitative estimate of drug-likeness (QED) is 0.0371. The smallest absolute Gasteiger partial charge is 0.410 e. The van der Waals surface area contributed by atoms with E-state index in [9.17, 15) is 98.6 Å². The molecule has 15 amide bonds. The number of aliphatic carboxylic acids is 1. The van der Waals surface area contributed by atoms with Gasteiger partial charge >= 0.3 is 48.4 Å². The van der Waals surface area contributed by atoms with Crippen molar-refractivity contribution in [3.8, 4) is 0 Å². The number of nitrogens with zero attached hydrogens (tertiary/aromatic N) is 8. The number of ether oxygens (including phenoxy) is 5. The van der Waals surface area contributed by atoms with Gasteiger partial charge in [0, 0.05) is 98.5 Å². The number of amides is 15. The largest absolute Gasteiger partial charge is 0.479 e.